The number of imidazole rings is 1. The molecule has 5 rings (SSSR count). The van der Waals surface area contributed by atoms with Crippen molar-refractivity contribution in [2.75, 3.05) is 31.9 Å². The highest BCUT2D eigenvalue weighted by Gasteiger charge is 2.32. The molecule has 0 radical (unpaired) electrons. The van der Waals surface area contributed by atoms with Crippen molar-refractivity contribution >= 4 is 51.1 Å². The Balaban J connectivity index is 1.21. The molecule has 2 fully saturated rings. The Labute approximate surface area is 217 Å². The molecule has 1 aromatic carbocycles. The van der Waals surface area contributed by atoms with Crippen molar-refractivity contribution in [3.8, 4) is 0 Å². The van der Waals surface area contributed by atoms with Gasteiger partial charge in [0.25, 0.3) is 0 Å². The van der Waals surface area contributed by atoms with E-state index in [0.717, 1.165) is 80.3 Å². The first-order chi connectivity index (χ1) is 17.0. The molecule has 4 heterocycles. The second kappa shape index (κ2) is 11.1. The van der Waals surface area contributed by atoms with E-state index in [2.05, 4.69) is 38.1 Å². The van der Waals surface area contributed by atoms with Crippen LogP contribution in [0, 0.1) is 5.92 Å². The number of likely N-dealkylation sites (tertiary alicyclic amines) is 2. The van der Waals surface area contributed by atoms with Crippen LogP contribution in [0.1, 0.15) is 44.2 Å². The van der Waals surface area contributed by atoms with Crippen LogP contribution in [0.15, 0.2) is 45.1 Å². The number of hydrogen-bond acceptors (Lipinski definition) is 6. The zero-order valence-corrected chi connectivity index (χ0v) is 22.4. The molecule has 0 bridgehead atoms. The first-order valence-electron chi connectivity index (χ1n) is 12.3. The predicted molar refractivity (Wildman–Crippen MR) is 142 cm³/mol. The third-order valence-electron chi connectivity index (χ3n) is 7.17. The number of amides is 1. The standard InChI is InChI=1S/C25H32N4O3S3/c1-2-34-25-26-22-15-21(35(31)32)3-4-23(22)29(25)20-7-12-28(13-8-20)24(30)19-5-10-27(11-6-19)16-18-9-14-33-17-18/h3-4,9,14-15,17,19-20H,2,5-8,10-13,16H2,1H3,(H,31,32). The van der Waals surface area contributed by atoms with Gasteiger partial charge in [0, 0.05) is 31.6 Å². The van der Waals surface area contributed by atoms with Gasteiger partial charge in [-0.15, -0.1) is 0 Å². The van der Waals surface area contributed by atoms with Gasteiger partial charge < -0.3 is 14.0 Å². The summed E-state index contributed by atoms with van der Waals surface area (Å²) in [5, 5.41) is 5.29. The summed E-state index contributed by atoms with van der Waals surface area (Å²) in [4.78, 5) is 23.0. The monoisotopic (exact) mass is 532 g/mol. The maximum absolute atomic E-state index is 13.3. The van der Waals surface area contributed by atoms with Gasteiger partial charge in [0.1, 0.15) is 0 Å². The van der Waals surface area contributed by atoms with Crippen molar-refractivity contribution in [2.24, 2.45) is 5.92 Å². The molecule has 0 aliphatic carbocycles. The van der Waals surface area contributed by atoms with E-state index in [1.807, 2.05) is 6.07 Å². The van der Waals surface area contributed by atoms with Crippen molar-refractivity contribution in [1.82, 2.24) is 19.4 Å². The Morgan fingerprint density at radius 1 is 1.17 bits per heavy atom. The fraction of sp³-hybridized carbons (Fsp3) is 0.520. The fourth-order valence-electron chi connectivity index (χ4n) is 5.33. The molecule has 2 aromatic heterocycles. The molecular formula is C25H32N4O3S3. The molecule has 3 aromatic rings. The first kappa shape index (κ1) is 25.0. The molecule has 10 heteroatoms. The average Bonchev–Trinajstić information content (AvgIpc) is 3.51. The first-order valence-corrected chi connectivity index (χ1v) is 15.3. The zero-order chi connectivity index (χ0) is 24.4. The van der Waals surface area contributed by atoms with Crippen LogP contribution in [0.25, 0.3) is 11.0 Å². The molecule has 0 spiro atoms. The van der Waals surface area contributed by atoms with Crippen molar-refractivity contribution < 1.29 is 13.6 Å². The Kier molecular flexibility index (Phi) is 7.93. The fourth-order valence-corrected chi connectivity index (χ4v) is 7.19. The highest BCUT2D eigenvalue weighted by molar-refractivity contribution is 7.99. The third-order valence-corrected chi connectivity index (χ3v) is 9.39. The molecular weight excluding hydrogens is 501 g/mol. The number of rotatable bonds is 7. The molecule has 1 atom stereocenters. The summed E-state index contributed by atoms with van der Waals surface area (Å²) in [6, 6.07) is 7.79. The number of piperidine rings is 2. The Bertz CT molecular complexity index is 1180. The lowest BCUT2D eigenvalue weighted by molar-refractivity contribution is -0.138. The molecule has 2 aliphatic rings. The van der Waals surface area contributed by atoms with Crippen molar-refractivity contribution in [3.05, 3.63) is 40.6 Å². The number of hydrogen-bond donors (Lipinski definition) is 1. The number of carbonyl (C=O) groups excluding carboxylic acids is 1. The van der Waals surface area contributed by atoms with Crippen LogP contribution in [-0.4, -0.2) is 66.0 Å². The van der Waals surface area contributed by atoms with Crippen molar-refractivity contribution in [2.45, 2.75) is 55.2 Å². The molecule has 2 aliphatic heterocycles. The summed E-state index contributed by atoms with van der Waals surface area (Å²) < 4.78 is 23.3. The molecule has 0 saturated carbocycles. The Hall–Kier alpha value is -1.72. The van der Waals surface area contributed by atoms with Gasteiger partial charge in [0.15, 0.2) is 16.2 Å². The molecule has 35 heavy (non-hydrogen) atoms. The minimum Gasteiger partial charge on any atom is -0.342 e. The van der Waals surface area contributed by atoms with Gasteiger partial charge in [-0.05, 0) is 85.1 Å². The smallest absolute Gasteiger partial charge is 0.225 e. The molecule has 2 saturated heterocycles. The highest BCUT2D eigenvalue weighted by atomic mass is 32.2. The van der Waals surface area contributed by atoms with Crippen LogP contribution < -0.4 is 0 Å². The summed E-state index contributed by atoms with van der Waals surface area (Å²) in [5.41, 5.74) is 3.13. The number of carbonyl (C=O) groups is 1. The SMILES string of the molecule is CCSc1nc2cc(S(=O)O)ccc2n1C1CCN(C(=O)C2CCN(Cc3ccsc3)CC2)CC1. The summed E-state index contributed by atoms with van der Waals surface area (Å²) in [5.74, 6) is 1.38. The van der Waals surface area contributed by atoms with Gasteiger partial charge in [-0.1, -0.05) is 18.7 Å². The number of fused-ring (bicyclic) bond motifs is 1. The minimum absolute atomic E-state index is 0.142. The molecule has 7 nitrogen and oxygen atoms in total. The van der Waals surface area contributed by atoms with Gasteiger partial charge in [0.05, 0.1) is 15.9 Å². The maximum Gasteiger partial charge on any atom is 0.225 e. The number of nitrogens with zero attached hydrogens (tertiary/aromatic N) is 4. The number of thiophene rings is 1. The van der Waals surface area contributed by atoms with Crippen molar-refractivity contribution in [3.63, 3.8) is 0 Å². The second-order valence-corrected chi connectivity index (χ2v) is 12.3. The second-order valence-electron chi connectivity index (χ2n) is 9.34. The van der Waals surface area contributed by atoms with Crippen LogP contribution in [0.2, 0.25) is 0 Å². The van der Waals surface area contributed by atoms with E-state index in [9.17, 15) is 13.6 Å². The van der Waals surface area contributed by atoms with E-state index in [4.69, 9.17) is 4.98 Å². The average molecular weight is 533 g/mol. The van der Waals surface area contributed by atoms with E-state index in [-0.39, 0.29) is 12.0 Å². The van der Waals surface area contributed by atoms with Gasteiger partial charge in [0.2, 0.25) is 5.91 Å². The van der Waals surface area contributed by atoms with Crippen LogP contribution >= 0.6 is 23.1 Å². The number of benzene rings is 1. The highest BCUT2D eigenvalue weighted by Crippen LogP contribution is 2.34. The maximum atomic E-state index is 13.3. The minimum atomic E-state index is -2.02. The topological polar surface area (TPSA) is 78.7 Å². The third kappa shape index (κ3) is 5.51. The van der Waals surface area contributed by atoms with E-state index in [0.29, 0.717) is 10.8 Å². The lowest BCUT2D eigenvalue weighted by Gasteiger charge is -2.38. The zero-order valence-electron chi connectivity index (χ0n) is 20.0. The molecule has 1 amide bonds. The molecule has 1 N–H and O–H groups in total. The van der Waals surface area contributed by atoms with E-state index >= 15 is 0 Å². The molecule has 188 valence electrons. The predicted octanol–water partition coefficient (Wildman–Crippen LogP) is 4.87. The van der Waals surface area contributed by atoms with Gasteiger partial charge in [-0.2, -0.15) is 11.3 Å². The van der Waals surface area contributed by atoms with Crippen LogP contribution in [0.3, 0.4) is 0 Å². The van der Waals surface area contributed by atoms with Crippen LogP contribution in [-0.2, 0) is 22.4 Å². The summed E-state index contributed by atoms with van der Waals surface area (Å²) in [7, 11) is 0. The largest absolute Gasteiger partial charge is 0.342 e. The summed E-state index contributed by atoms with van der Waals surface area (Å²) in [6.45, 7) is 6.61. The van der Waals surface area contributed by atoms with Gasteiger partial charge in [-0.25, -0.2) is 9.19 Å². The van der Waals surface area contributed by atoms with E-state index in [1.54, 1.807) is 35.2 Å². The van der Waals surface area contributed by atoms with E-state index < -0.39 is 11.1 Å². The van der Waals surface area contributed by atoms with Gasteiger partial charge >= 0.3 is 0 Å². The molecule has 1 unspecified atom stereocenters. The van der Waals surface area contributed by atoms with E-state index in [1.165, 1.54) is 5.56 Å². The Morgan fingerprint density at radius 2 is 1.94 bits per heavy atom. The lowest BCUT2D eigenvalue weighted by atomic mass is 9.93. The van der Waals surface area contributed by atoms with Crippen LogP contribution in [0.5, 0.6) is 0 Å². The number of thioether (sulfide) groups is 1. The summed E-state index contributed by atoms with van der Waals surface area (Å²) >= 11 is 1.42. The quantitative estimate of drug-likeness (QED) is 0.346. The van der Waals surface area contributed by atoms with Crippen molar-refractivity contribution in [1.29, 1.82) is 0 Å². The van der Waals surface area contributed by atoms with Gasteiger partial charge in [-0.3, -0.25) is 9.69 Å². The number of aromatic nitrogens is 2. The summed E-state index contributed by atoms with van der Waals surface area (Å²) in [6.07, 6.45) is 3.69. The normalized spacial score (nSPS) is 19.4. The Morgan fingerprint density at radius 3 is 2.60 bits per heavy atom. The van der Waals surface area contributed by atoms with Crippen LogP contribution in [0.4, 0.5) is 0 Å². The lowest BCUT2D eigenvalue weighted by Crippen LogP contribution is -2.45.